The standard InChI is InChI=1S/C30H35FN6O5S/c1-36-11-13-37(14-12-36)26-10-8-23(30(32)38)28(33-20(17-41-2)18-42-3)27(26)29-24-16-22(7-9-25(24)34-35-29)43(39,40)21-6-4-5-19(31)15-21/h4-10,15-16,20,33H,11-14,17-18H2,1-3H3,(H2,32,38)(H,34,35). The van der Waals surface area contributed by atoms with Gasteiger partial charge in [0.1, 0.15) is 11.5 Å². The summed E-state index contributed by atoms with van der Waals surface area (Å²) >= 11 is 0. The van der Waals surface area contributed by atoms with Crippen LogP contribution in [0.25, 0.3) is 22.2 Å². The maximum Gasteiger partial charge on any atom is 0.250 e. The third kappa shape index (κ3) is 6.20. The summed E-state index contributed by atoms with van der Waals surface area (Å²) in [7, 11) is 1.15. The van der Waals surface area contributed by atoms with E-state index in [0.29, 0.717) is 27.8 Å². The van der Waals surface area contributed by atoms with E-state index in [1.54, 1.807) is 26.4 Å². The molecule has 11 nitrogen and oxygen atoms in total. The van der Waals surface area contributed by atoms with Crippen molar-refractivity contribution in [2.24, 2.45) is 5.73 Å². The number of likely N-dealkylation sites (N-methyl/N-ethyl adjacent to an activating group) is 1. The van der Waals surface area contributed by atoms with Gasteiger partial charge >= 0.3 is 0 Å². The number of carbonyl (C=O) groups is 1. The second kappa shape index (κ2) is 12.7. The fourth-order valence-electron chi connectivity index (χ4n) is 5.36. The highest BCUT2D eigenvalue weighted by atomic mass is 32.2. The number of halogens is 1. The largest absolute Gasteiger partial charge is 0.382 e. The van der Waals surface area contributed by atoms with Crippen LogP contribution >= 0.6 is 0 Å². The Labute approximate surface area is 249 Å². The predicted molar refractivity (Wildman–Crippen MR) is 163 cm³/mol. The lowest BCUT2D eigenvalue weighted by atomic mass is 9.97. The normalized spacial score (nSPS) is 14.5. The number of piperazine rings is 1. The number of carbonyl (C=O) groups excluding carboxylic acids is 1. The number of nitrogens with one attached hydrogen (secondary N) is 2. The average Bonchev–Trinajstić information content (AvgIpc) is 3.40. The monoisotopic (exact) mass is 610 g/mol. The molecule has 13 heteroatoms. The summed E-state index contributed by atoms with van der Waals surface area (Å²) in [4.78, 5) is 17.0. The van der Waals surface area contributed by atoms with Gasteiger partial charge in [-0.25, -0.2) is 12.8 Å². The van der Waals surface area contributed by atoms with Gasteiger partial charge in [0.05, 0.1) is 51.4 Å². The first-order valence-corrected chi connectivity index (χ1v) is 15.3. The zero-order valence-electron chi connectivity index (χ0n) is 24.3. The fourth-order valence-corrected chi connectivity index (χ4v) is 6.67. The van der Waals surface area contributed by atoms with Gasteiger partial charge in [0, 0.05) is 51.5 Å². The molecule has 0 atom stereocenters. The third-order valence-corrected chi connectivity index (χ3v) is 9.31. The smallest absolute Gasteiger partial charge is 0.250 e. The van der Waals surface area contributed by atoms with E-state index in [1.165, 1.54) is 30.3 Å². The highest BCUT2D eigenvalue weighted by Crippen LogP contribution is 2.43. The van der Waals surface area contributed by atoms with Crippen molar-refractivity contribution in [1.29, 1.82) is 0 Å². The van der Waals surface area contributed by atoms with Crippen LogP contribution in [-0.4, -0.2) is 96.1 Å². The number of aromatic nitrogens is 2. The number of methoxy groups -OCH3 is 2. The summed E-state index contributed by atoms with van der Waals surface area (Å²) in [6, 6.07) is 12.7. The van der Waals surface area contributed by atoms with Gasteiger partial charge < -0.3 is 30.3 Å². The van der Waals surface area contributed by atoms with Gasteiger partial charge in [-0.3, -0.25) is 9.89 Å². The molecule has 1 saturated heterocycles. The van der Waals surface area contributed by atoms with Crippen molar-refractivity contribution in [3.63, 3.8) is 0 Å². The number of fused-ring (bicyclic) bond motifs is 1. The summed E-state index contributed by atoms with van der Waals surface area (Å²) < 4.78 is 51.8. The number of nitrogens with two attached hydrogens (primary N) is 1. The molecule has 4 aromatic rings. The summed E-state index contributed by atoms with van der Waals surface area (Å²) in [6.45, 7) is 3.66. The maximum atomic E-state index is 14.0. The van der Waals surface area contributed by atoms with E-state index >= 15 is 0 Å². The van der Waals surface area contributed by atoms with E-state index in [0.717, 1.165) is 37.9 Å². The summed E-state index contributed by atoms with van der Waals surface area (Å²) in [6.07, 6.45) is 0. The van der Waals surface area contributed by atoms with Crippen LogP contribution in [0.15, 0.2) is 64.4 Å². The SMILES string of the molecule is COCC(COC)Nc1c(C(N)=O)ccc(N2CCN(C)CC2)c1-c1n[nH]c2ccc(S(=O)(=O)c3cccc(F)c3)cc12. The Morgan fingerprint density at radius 1 is 1.05 bits per heavy atom. The predicted octanol–water partition coefficient (Wildman–Crippen LogP) is 3.13. The number of benzene rings is 3. The van der Waals surface area contributed by atoms with Crippen molar-refractivity contribution in [2.75, 3.05) is 70.9 Å². The van der Waals surface area contributed by atoms with E-state index in [4.69, 9.17) is 15.2 Å². The van der Waals surface area contributed by atoms with Crippen molar-refractivity contribution in [3.05, 3.63) is 66.0 Å². The third-order valence-electron chi connectivity index (χ3n) is 7.56. The minimum Gasteiger partial charge on any atom is -0.382 e. The van der Waals surface area contributed by atoms with Gasteiger partial charge in [0.2, 0.25) is 9.84 Å². The number of amides is 1. The lowest BCUT2D eigenvalue weighted by Crippen LogP contribution is -2.44. The number of primary amides is 1. The topological polar surface area (TPSA) is 143 Å². The molecule has 1 amide bonds. The summed E-state index contributed by atoms with van der Waals surface area (Å²) in [5, 5.41) is 11.6. The minimum atomic E-state index is -4.05. The van der Waals surface area contributed by atoms with Gasteiger partial charge in [0.15, 0.2) is 0 Å². The number of aromatic amines is 1. The van der Waals surface area contributed by atoms with Crippen molar-refractivity contribution in [2.45, 2.75) is 15.8 Å². The molecule has 0 radical (unpaired) electrons. The number of ether oxygens (including phenoxy) is 2. The average molecular weight is 611 g/mol. The highest BCUT2D eigenvalue weighted by molar-refractivity contribution is 7.91. The zero-order chi connectivity index (χ0) is 30.7. The Balaban J connectivity index is 1.75. The molecule has 228 valence electrons. The van der Waals surface area contributed by atoms with Crippen LogP contribution < -0.4 is 16.0 Å². The van der Waals surface area contributed by atoms with Gasteiger partial charge in [-0.15, -0.1) is 0 Å². The number of H-pyrrole nitrogens is 1. The molecule has 1 aliphatic heterocycles. The number of nitrogens with zero attached hydrogens (tertiary/aromatic N) is 3. The number of anilines is 2. The zero-order valence-corrected chi connectivity index (χ0v) is 25.1. The second-order valence-corrected chi connectivity index (χ2v) is 12.5. The van der Waals surface area contributed by atoms with Gasteiger partial charge in [0.25, 0.3) is 5.91 Å². The molecule has 4 N–H and O–H groups in total. The van der Waals surface area contributed by atoms with Crippen LogP contribution in [-0.2, 0) is 19.3 Å². The van der Waals surface area contributed by atoms with Crippen molar-refractivity contribution in [3.8, 4) is 11.3 Å². The van der Waals surface area contributed by atoms with Crippen molar-refractivity contribution in [1.82, 2.24) is 15.1 Å². The maximum absolute atomic E-state index is 14.0. The molecule has 1 aliphatic rings. The molecule has 2 heterocycles. The van der Waals surface area contributed by atoms with Crippen molar-refractivity contribution < 1.29 is 27.1 Å². The lowest BCUT2D eigenvalue weighted by Gasteiger charge is -2.36. The molecule has 0 unspecified atom stereocenters. The van der Waals surface area contributed by atoms with Crippen LogP contribution in [0.5, 0.6) is 0 Å². The van der Waals surface area contributed by atoms with E-state index < -0.39 is 21.6 Å². The molecule has 0 bridgehead atoms. The molecule has 1 fully saturated rings. The number of hydrogen-bond acceptors (Lipinski definition) is 9. The highest BCUT2D eigenvalue weighted by Gasteiger charge is 2.28. The van der Waals surface area contributed by atoms with Crippen LogP contribution in [0, 0.1) is 5.82 Å². The molecule has 1 aromatic heterocycles. The van der Waals surface area contributed by atoms with Gasteiger partial charge in [-0.05, 0) is 55.6 Å². The molecule has 0 spiro atoms. The Morgan fingerprint density at radius 2 is 1.74 bits per heavy atom. The Bertz CT molecular complexity index is 1730. The van der Waals surface area contributed by atoms with E-state index in [9.17, 15) is 17.6 Å². The molecule has 43 heavy (non-hydrogen) atoms. The van der Waals surface area contributed by atoms with Crippen LogP contribution in [0.4, 0.5) is 15.8 Å². The number of hydrogen-bond donors (Lipinski definition) is 3. The molecule has 3 aromatic carbocycles. The molecule has 0 aliphatic carbocycles. The minimum absolute atomic E-state index is 0.0217. The molecule has 0 saturated carbocycles. The first kappa shape index (κ1) is 30.4. The Kier molecular flexibility index (Phi) is 8.97. The first-order chi connectivity index (χ1) is 20.6. The van der Waals surface area contributed by atoms with E-state index in [2.05, 4.69) is 32.4 Å². The van der Waals surface area contributed by atoms with Gasteiger partial charge in [-0.2, -0.15) is 5.10 Å². The van der Waals surface area contributed by atoms with Crippen LogP contribution in [0.1, 0.15) is 10.4 Å². The number of rotatable bonds is 11. The quantitative estimate of drug-likeness (QED) is 0.233. The van der Waals surface area contributed by atoms with Crippen LogP contribution in [0.2, 0.25) is 0 Å². The Hall–Kier alpha value is -4.04. The first-order valence-electron chi connectivity index (χ1n) is 13.8. The van der Waals surface area contributed by atoms with E-state index in [-0.39, 0.29) is 34.6 Å². The number of sulfone groups is 1. The van der Waals surface area contributed by atoms with Gasteiger partial charge in [-0.1, -0.05) is 6.07 Å². The van der Waals surface area contributed by atoms with Crippen LogP contribution in [0.3, 0.4) is 0 Å². The molecule has 5 rings (SSSR count). The molecular formula is C30H35FN6O5S. The van der Waals surface area contributed by atoms with Crippen molar-refractivity contribution >= 4 is 38.0 Å². The summed E-state index contributed by atoms with van der Waals surface area (Å²) in [5.74, 6) is -1.29. The van der Waals surface area contributed by atoms with E-state index in [1.807, 2.05) is 6.07 Å². The second-order valence-electron chi connectivity index (χ2n) is 10.5. The Morgan fingerprint density at radius 3 is 2.40 bits per heavy atom. The lowest BCUT2D eigenvalue weighted by molar-refractivity contribution is 0.1000. The molecular weight excluding hydrogens is 575 g/mol. The fraction of sp³-hybridized carbons (Fsp3) is 0.333. The summed E-state index contributed by atoms with van der Waals surface area (Å²) in [5.41, 5.74) is 8.96.